The molecule has 0 saturated heterocycles. The Kier molecular flexibility index (Phi) is 2.96. The van der Waals surface area contributed by atoms with Crippen LogP contribution < -0.4 is 5.56 Å². The van der Waals surface area contributed by atoms with Crippen molar-refractivity contribution in [1.29, 1.82) is 0 Å². The van der Waals surface area contributed by atoms with Gasteiger partial charge in [-0.3, -0.25) is 4.79 Å². The van der Waals surface area contributed by atoms with Gasteiger partial charge in [-0.1, -0.05) is 11.6 Å². The number of halogens is 1. The summed E-state index contributed by atoms with van der Waals surface area (Å²) in [4.78, 5) is 11.5. The Hall–Kier alpha value is -1.75. The Morgan fingerprint density at radius 3 is 2.81 bits per heavy atom. The number of hydrogen-bond donors (Lipinski definition) is 0. The van der Waals surface area contributed by atoms with Crippen molar-refractivity contribution in [3.8, 4) is 0 Å². The van der Waals surface area contributed by atoms with E-state index in [4.69, 9.17) is 11.6 Å². The molecule has 16 heavy (non-hydrogen) atoms. The molecule has 82 valence electrons. The molecule has 0 fully saturated rings. The van der Waals surface area contributed by atoms with Gasteiger partial charge in [0.05, 0.1) is 18.4 Å². The van der Waals surface area contributed by atoms with E-state index in [0.29, 0.717) is 17.4 Å². The molecule has 2 heterocycles. The van der Waals surface area contributed by atoms with Crippen LogP contribution in [0.5, 0.6) is 0 Å². The molecule has 0 saturated carbocycles. The first-order chi connectivity index (χ1) is 7.65. The zero-order valence-corrected chi connectivity index (χ0v) is 9.35. The van der Waals surface area contributed by atoms with Gasteiger partial charge in [-0.05, 0) is 24.6 Å². The molecule has 0 spiro atoms. The summed E-state index contributed by atoms with van der Waals surface area (Å²) in [6.07, 6.45) is 1.63. The lowest BCUT2D eigenvalue weighted by Crippen LogP contribution is -2.23. The molecule has 0 N–H and O–H groups in total. The molecule has 2 aromatic heterocycles. The van der Waals surface area contributed by atoms with E-state index in [1.165, 1.54) is 10.7 Å². The van der Waals surface area contributed by atoms with Gasteiger partial charge >= 0.3 is 0 Å². The number of hydrogen-bond acceptors (Lipinski definition) is 4. The van der Waals surface area contributed by atoms with Gasteiger partial charge in [0.1, 0.15) is 0 Å². The molecule has 0 unspecified atom stereocenters. The molecular formula is C10H9ClN4O. The van der Waals surface area contributed by atoms with Crippen LogP contribution in [0.15, 0.2) is 29.2 Å². The van der Waals surface area contributed by atoms with Crippen LogP contribution in [0.4, 0.5) is 0 Å². The summed E-state index contributed by atoms with van der Waals surface area (Å²) in [5.41, 5.74) is 1.32. The summed E-state index contributed by atoms with van der Waals surface area (Å²) in [6, 6.07) is 4.86. The highest BCUT2D eigenvalue weighted by molar-refractivity contribution is 6.29. The molecule has 5 nitrogen and oxygen atoms in total. The zero-order valence-electron chi connectivity index (χ0n) is 8.59. The lowest BCUT2D eigenvalue weighted by atomic mass is 10.3. The largest absolute Gasteiger partial charge is 0.268 e. The fraction of sp³-hybridized carbons (Fsp3) is 0.200. The van der Waals surface area contributed by atoms with E-state index < -0.39 is 0 Å². The summed E-state index contributed by atoms with van der Waals surface area (Å²) < 4.78 is 1.32. The maximum absolute atomic E-state index is 11.5. The van der Waals surface area contributed by atoms with E-state index in [-0.39, 0.29) is 5.56 Å². The minimum absolute atomic E-state index is 0.156. The van der Waals surface area contributed by atoms with Gasteiger partial charge in [0, 0.05) is 6.07 Å². The average molecular weight is 237 g/mol. The fourth-order valence-corrected chi connectivity index (χ4v) is 1.33. The molecule has 6 heteroatoms. The van der Waals surface area contributed by atoms with E-state index in [2.05, 4.69) is 15.3 Å². The predicted molar refractivity (Wildman–Crippen MR) is 59.4 cm³/mol. The topological polar surface area (TPSA) is 60.7 Å². The second-order valence-corrected chi connectivity index (χ2v) is 3.76. The van der Waals surface area contributed by atoms with Crippen LogP contribution >= 0.6 is 11.6 Å². The molecular weight excluding hydrogens is 228 g/mol. The number of nitrogens with zero attached hydrogens (tertiary/aromatic N) is 4. The van der Waals surface area contributed by atoms with Gasteiger partial charge in [0.2, 0.25) is 0 Å². The van der Waals surface area contributed by atoms with Crippen LogP contribution in [-0.2, 0) is 6.54 Å². The van der Waals surface area contributed by atoms with Crippen molar-refractivity contribution in [3.63, 3.8) is 0 Å². The molecule has 0 aromatic carbocycles. The summed E-state index contributed by atoms with van der Waals surface area (Å²) in [5, 5.41) is 11.9. The summed E-state index contributed by atoms with van der Waals surface area (Å²) >= 11 is 5.61. The third-order valence-electron chi connectivity index (χ3n) is 2.01. The number of aryl methyl sites for hydroxylation is 1. The quantitative estimate of drug-likeness (QED) is 0.782. The molecule has 0 aliphatic rings. The van der Waals surface area contributed by atoms with Crippen LogP contribution in [0.25, 0.3) is 0 Å². The third kappa shape index (κ3) is 2.43. The standard InChI is InChI=1S/C10H9ClN4O/c1-7-4-10(16)15(12-5-7)6-8-2-3-9(11)14-13-8/h2-5H,6H2,1H3. The Morgan fingerprint density at radius 2 is 2.19 bits per heavy atom. The van der Waals surface area contributed by atoms with Crippen LogP contribution in [0.3, 0.4) is 0 Å². The highest BCUT2D eigenvalue weighted by atomic mass is 35.5. The minimum atomic E-state index is -0.156. The Bertz CT molecular complexity index is 549. The van der Waals surface area contributed by atoms with Crippen molar-refractivity contribution in [2.75, 3.05) is 0 Å². The van der Waals surface area contributed by atoms with E-state index in [9.17, 15) is 4.79 Å². The molecule has 0 aliphatic carbocycles. The van der Waals surface area contributed by atoms with Gasteiger partial charge < -0.3 is 0 Å². The minimum Gasteiger partial charge on any atom is -0.268 e. The molecule has 2 rings (SSSR count). The van der Waals surface area contributed by atoms with Crippen LogP contribution in [0.2, 0.25) is 5.15 Å². The molecule has 2 aromatic rings. The van der Waals surface area contributed by atoms with Crippen molar-refractivity contribution < 1.29 is 0 Å². The van der Waals surface area contributed by atoms with Crippen molar-refractivity contribution in [1.82, 2.24) is 20.0 Å². The van der Waals surface area contributed by atoms with Gasteiger partial charge in [0.15, 0.2) is 5.15 Å². The van der Waals surface area contributed by atoms with Gasteiger partial charge in [0.25, 0.3) is 5.56 Å². The van der Waals surface area contributed by atoms with Crippen molar-refractivity contribution in [3.05, 3.63) is 51.2 Å². The molecule has 0 bridgehead atoms. The maximum Gasteiger partial charge on any atom is 0.267 e. The van der Waals surface area contributed by atoms with E-state index in [1.54, 1.807) is 18.3 Å². The fourth-order valence-electron chi connectivity index (χ4n) is 1.22. The predicted octanol–water partition coefficient (Wildman–Crippen LogP) is 1.04. The molecule has 0 amide bonds. The van der Waals surface area contributed by atoms with Gasteiger partial charge in [-0.15, -0.1) is 5.10 Å². The third-order valence-corrected chi connectivity index (χ3v) is 2.21. The monoisotopic (exact) mass is 236 g/mol. The Morgan fingerprint density at radius 1 is 1.38 bits per heavy atom. The Balaban J connectivity index is 2.27. The summed E-state index contributed by atoms with van der Waals surface area (Å²) in [6.45, 7) is 2.12. The normalized spacial score (nSPS) is 10.4. The van der Waals surface area contributed by atoms with Crippen molar-refractivity contribution in [2.24, 2.45) is 0 Å². The summed E-state index contributed by atoms with van der Waals surface area (Å²) in [5.74, 6) is 0. The van der Waals surface area contributed by atoms with Crippen LogP contribution in [-0.4, -0.2) is 20.0 Å². The van der Waals surface area contributed by atoms with Crippen LogP contribution in [0, 0.1) is 6.92 Å². The summed E-state index contributed by atoms with van der Waals surface area (Å²) in [7, 11) is 0. The second kappa shape index (κ2) is 4.40. The Labute approximate surface area is 96.7 Å². The number of rotatable bonds is 2. The second-order valence-electron chi connectivity index (χ2n) is 3.38. The van der Waals surface area contributed by atoms with Crippen molar-refractivity contribution >= 4 is 11.6 Å². The highest BCUT2D eigenvalue weighted by Crippen LogP contribution is 2.02. The first-order valence-electron chi connectivity index (χ1n) is 4.67. The zero-order chi connectivity index (χ0) is 11.5. The highest BCUT2D eigenvalue weighted by Gasteiger charge is 2.01. The molecule has 0 radical (unpaired) electrons. The van der Waals surface area contributed by atoms with Gasteiger partial charge in [-0.2, -0.15) is 10.2 Å². The average Bonchev–Trinajstić information content (AvgIpc) is 2.25. The maximum atomic E-state index is 11.5. The number of aromatic nitrogens is 4. The van der Waals surface area contributed by atoms with Crippen LogP contribution in [0.1, 0.15) is 11.3 Å². The van der Waals surface area contributed by atoms with Crippen molar-refractivity contribution in [2.45, 2.75) is 13.5 Å². The van der Waals surface area contributed by atoms with E-state index in [1.807, 2.05) is 6.92 Å². The lowest BCUT2D eigenvalue weighted by Gasteiger charge is -2.02. The van der Waals surface area contributed by atoms with E-state index in [0.717, 1.165) is 5.56 Å². The SMILES string of the molecule is Cc1cnn(Cc2ccc(Cl)nn2)c(=O)c1. The smallest absolute Gasteiger partial charge is 0.267 e. The first-order valence-corrected chi connectivity index (χ1v) is 5.05. The van der Waals surface area contributed by atoms with E-state index >= 15 is 0 Å². The lowest BCUT2D eigenvalue weighted by molar-refractivity contribution is 0.618. The molecule has 0 aliphatic heterocycles. The molecule has 0 atom stereocenters. The van der Waals surface area contributed by atoms with Gasteiger partial charge in [-0.25, -0.2) is 4.68 Å². The first kappa shape index (κ1) is 10.8.